The molecule has 0 atom stereocenters. The Morgan fingerprint density at radius 1 is 0.680 bits per heavy atom. The van der Waals surface area contributed by atoms with Crippen LogP contribution in [0.4, 0.5) is 0 Å². The quantitative estimate of drug-likeness (QED) is 0.346. The van der Waals surface area contributed by atoms with E-state index < -0.39 is 39.9 Å². The van der Waals surface area contributed by atoms with Crippen molar-refractivity contribution in [2.75, 3.05) is 19.8 Å². The lowest BCUT2D eigenvalue weighted by Gasteiger charge is -2.43. The Kier molecular flexibility index (Phi) is 10.5. The monoisotopic (exact) mass is 428 g/mol. The van der Waals surface area contributed by atoms with Gasteiger partial charge in [-0.05, 0) is 65.3 Å². The topological polar surface area (TPSA) is 77.4 Å². The molecule has 0 aliphatic heterocycles. The molecule has 10 heteroatoms. The molecule has 0 aromatic carbocycles. The highest BCUT2D eigenvalue weighted by Crippen LogP contribution is 2.29. The van der Waals surface area contributed by atoms with E-state index in [2.05, 4.69) is 58.9 Å². The van der Waals surface area contributed by atoms with Crippen LogP contribution < -0.4 is 0 Å². The molecule has 0 bridgehead atoms. The molecule has 0 aliphatic carbocycles. The molecule has 0 aliphatic rings. The molecule has 0 amide bonds. The Balaban J connectivity index is 5.23. The predicted octanol–water partition coefficient (Wildman–Crippen LogP) is 3.24. The van der Waals surface area contributed by atoms with Gasteiger partial charge in [0.15, 0.2) is 25.0 Å². The van der Waals surface area contributed by atoms with Gasteiger partial charge in [0, 0.05) is 12.7 Å². The van der Waals surface area contributed by atoms with Gasteiger partial charge in [-0.15, -0.1) is 0 Å². The predicted molar refractivity (Wildman–Crippen MR) is 112 cm³/mol. The first-order chi connectivity index (χ1) is 11.1. The van der Waals surface area contributed by atoms with Crippen molar-refractivity contribution in [1.82, 2.24) is 0 Å². The Labute approximate surface area is 158 Å². The standard InChI is InChI=1S/C15H40O6Si4/c1-22(2,3)19-25(20-23(4,5)6,21-24(7,8)9)12-10-11-18-15(13-16)14-17/h15-17H,10-14H2,1-9H3. The van der Waals surface area contributed by atoms with Gasteiger partial charge in [0.2, 0.25) is 0 Å². The molecule has 0 aromatic rings. The average molecular weight is 429 g/mol. The summed E-state index contributed by atoms with van der Waals surface area (Å²) in [7, 11) is -8.37. The molecule has 0 radical (unpaired) electrons. The fourth-order valence-electron chi connectivity index (χ4n) is 2.32. The molecule has 0 unspecified atom stereocenters. The maximum atomic E-state index is 9.11. The van der Waals surface area contributed by atoms with Gasteiger partial charge >= 0.3 is 8.80 Å². The third-order valence-corrected chi connectivity index (χ3v) is 14.8. The summed E-state index contributed by atoms with van der Waals surface area (Å²) in [4.78, 5) is 0. The fourth-order valence-corrected chi connectivity index (χ4v) is 16.9. The Morgan fingerprint density at radius 2 is 1.04 bits per heavy atom. The number of aliphatic hydroxyl groups is 2. The summed E-state index contributed by atoms with van der Waals surface area (Å²) in [5.41, 5.74) is 0. The molecule has 6 nitrogen and oxygen atoms in total. The van der Waals surface area contributed by atoms with Crippen molar-refractivity contribution in [1.29, 1.82) is 0 Å². The number of hydrogen-bond acceptors (Lipinski definition) is 6. The first-order valence-corrected chi connectivity index (χ1v) is 21.2. The van der Waals surface area contributed by atoms with Crippen molar-refractivity contribution in [2.24, 2.45) is 0 Å². The molecule has 0 rings (SSSR count). The van der Waals surface area contributed by atoms with E-state index in [0.29, 0.717) is 12.7 Å². The van der Waals surface area contributed by atoms with E-state index in [1.54, 1.807) is 0 Å². The van der Waals surface area contributed by atoms with Crippen molar-refractivity contribution in [3.63, 3.8) is 0 Å². The lowest BCUT2D eigenvalue weighted by Crippen LogP contribution is -2.60. The van der Waals surface area contributed by atoms with Gasteiger partial charge in [-0.25, -0.2) is 0 Å². The van der Waals surface area contributed by atoms with E-state index in [1.807, 2.05) is 0 Å². The molecule has 152 valence electrons. The fraction of sp³-hybridized carbons (Fsp3) is 1.00. The van der Waals surface area contributed by atoms with Gasteiger partial charge in [0.05, 0.1) is 13.2 Å². The maximum Gasteiger partial charge on any atom is 0.469 e. The van der Waals surface area contributed by atoms with Gasteiger partial charge in [0.25, 0.3) is 0 Å². The van der Waals surface area contributed by atoms with Crippen LogP contribution in [-0.4, -0.2) is 69.9 Å². The summed E-state index contributed by atoms with van der Waals surface area (Å²) in [5.74, 6) is 0. The number of ether oxygens (including phenoxy) is 1. The van der Waals surface area contributed by atoms with Gasteiger partial charge in [-0.1, -0.05) is 0 Å². The molecule has 0 saturated heterocycles. The molecule has 25 heavy (non-hydrogen) atoms. The van der Waals surface area contributed by atoms with Gasteiger partial charge in [-0.2, -0.15) is 0 Å². The molecule has 0 spiro atoms. The van der Waals surface area contributed by atoms with Crippen LogP contribution in [0.5, 0.6) is 0 Å². The second-order valence-electron chi connectivity index (χ2n) is 9.29. The minimum atomic E-state index is -2.81. The summed E-state index contributed by atoms with van der Waals surface area (Å²) in [6, 6.07) is 0.704. The lowest BCUT2D eigenvalue weighted by atomic mass is 10.4. The summed E-state index contributed by atoms with van der Waals surface area (Å²) in [5, 5.41) is 18.2. The molecule has 0 fully saturated rings. The summed E-state index contributed by atoms with van der Waals surface area (Å²) in [6.45, 7) is 19.6. The van der Waals surface area contributed by atoms with Gasteiger partial charge in [-0.3, -0.25) is 0 Å². The zero-order valence-electron chi connectivity index (χ0n) is 17.6. The smallest absolute Gasteiger partial charge is 0.417 e. The second-order valence-corrected chi connectivity index (χ2v) is 26.3. The lowest BCUT2D eigenvalue weighted by molar-refractivity contribution is -0.0198. The Bertz CT molecular complexity index is 331. The zero-order valence-corrected chi connectivity index (χ0v) is 21.6. The average Bonchev–Trinajstić information content (AvgIpc) is 2.32. The van der Waals surface area contributed by atoms with Crippen molar-refractivity contribution in [3.8, 4) is 0 Å². The van der Waals surface area contributed by atoms with Crippen molar-refractivity contribution in [2.45, 2.75) is 77.5 Å². The number of rotatable bonds is 13. The normalized spacial score (nSPS) is 14.4. The molecule has 0 aromatic heterocycles. The minimum Gasteiger partial charge on any atom is -0.417 e. The second kappa shape index (κ2) is 10.2. The SMILES string of the molecule is C[Si](C)(C)O[Si](CCCOC(CO)CO)(O[Si](C)(C)C)O[Si](C)(C)C. The highest BCUT2D eigenvalue weighted by atomic mass is 28.5. The van der Waals surface area contributed by atoms with Crippen LogP contribution >= 0.6 is 0 Å². The first-order valence-electron chi connectivity index (χ1n) is 9.05. The molecule has 0 saturated carbocycles. The van der Waals surface area contributed by atoms with Crippen LogP contribution in [0.2, 0.25) is 65.0 Å². The Hall–Kier alpha value is 0.628. The third-order valence-electron chi connectivity index (χ3n) is 2.77. The van der Waals surface area contributed by atoms with Crippen molar-refractivity contribution >= 4 is 33.8 Å². The highest BCUT2D eigenvalue weighted by Gasteiger charge is 2.49. The first kappa shape index (κ1) is 25.6. The van der Waals surface area contributed by atoms with Crippen LogP contribution in [0.3, 0.4) is 0 Å². The van der Waals surface area contributed by atoms with Crippen LogP contribution in [-0.2, 0) is 17.1 Å². The van der Waals surface area contributed by atoms with Gasteiger partial charge < -0.3 is 27.3 Å². The summed E-state index contributed by atoms with van der Waals surface area (Å²) < 4.78 is 25.3. The van der Waals surface area contributed by atoms with E-state index in [-0.39, 0.29) is 13.2 Å². The van der Waals surface area contributed by atoms with Crippen LogP contribution in [0, 0.1) is 0 Å². The third kappa shape index (κ3) is 13.4. The van der Waals surface area contributed by atoms with E-state index in [4.69, 9.17) is 27.3 Å². The van der Waals surface area contributed by atoms with Crippen molar-refractivity contribution in [3.05, 3.63) is 0 Å². The van der Waals surface area contributed by atoms with E-state index in [9.17, 15) is 0 Å². The van der Waals surface area contributed by atoms with Gasteiger partial charge in [0.1, 0.15) is 6.10 Å². The molecular weight excluding hydrogens is 389 g/mol. The number of aliphatic hydroxyl groups excluding tert-OH is 2. The van der Waals surface area contributed by atoms with Crippen LogP contribution in [0.15, 0.2) is 0 Å². The number of hydrogen-bond donors (Lipinski definition) is 2. The van der Waals surface area contributed by atoms with E-state index in [1.165, 1.54) is 0 Å². The summed E-state index contributed by atoms with van der Waals surface area (Å²) >= 11 is 0. The van der Waals surface area contributed by atoms with E-state index in [0.717, 1.165) is 6.42 Å². The molecule has 0 heterocycles. The minimum absolute atomic E-state index is 0.179. The highest BCUT2D eigenvalue weighted by molar-refractivity contribution is 6.90. The van der Waals surface area contributed by atoms with Crippen LogP contribution in [0.25, 0.3) is 0 Å². The largest absolute Gasteiger partial charge is 0.469 e. The van der Waals surface area contributed by atoms with Crippen molar-refractivity contribution < 1.29 is 27.3 Å². The molecule has 2 N–H and O–H groups in total. The Morgan fingerprint density at radius 3 is 1.32 bits per heavy atom. The summed E-state index contributed by atoms with van der Waals surface area (Å²) in [6.07, 6.45) is 0.201. The maximum absolute atomic E-state index is 9.11. The molecular formula is C15H40O6Si4. The zero-order chi connectivity index (χ0) is 19.9. The van der Waals surface area contributed by atoms with Crippen LogP contribution in [0.1, 0.15) is 6.42 Å². The van der Waals surface area contributed by atoms with E-state index >= 15 is 0 Å².